The number of hydrogen-bond acceptors (Lipinski definition) is 7. The van der Waals surface area contributed by atoms with Crippen molar-refractivity contribution in [3.05, 3.63) is 65.3 Å². The number of nitriles is 1. The Morgan fingerprint density at radius 3 is 2.38 bits per heavy atom. The molecule has 0 amide bonds. The van der Waals surface area contributed by atoms with Gasteiger partial charge in [-0.05, 0) is 38.1 Å². The second-order valence-corrected chi connectivity index (χ2v) is 9.27. The summed E-state index contributed by atoms with van der Waals surface area (Å²) in [4.78, 5) is 8.63. The van der Waals surface area contributed by atoms with Gasteiger partial charge in [0.2, 0.25) is 5.95 Å². The van der Waals surface area contributed by atoms with Crippen LogP contribution in [-0.4, -0.2) is 23.6 Å². The number of benzene rings is 2. The molecule has 0 aliphatic heterocycles. The third kappa shape index (κ3) is 4.47. The maximum atomic E-state index is 12.7. The van der Waals surface area contributed by atoms with Crippen molar-refractivity contribution < 1.29 is 8.42 Å². The van der Waals surface area contributed by atoms with E-state index in [0.717, 1.165) is 0 Å². The average Bonchev–Trinajstić information content (AvgIpc) is 2.71. The highest BCUT2D eigenvalue weighted by molar-refractivity contribution is 7.92. The van der Waals surface area contributed by atoms with E-state index in [9.17, 15) is 13.7 Å². The van der Waals surface area contributed by atoms with E-state index in [1.165, 1.54) is 12.3 Å². The van der Waals surface area contributed by atoms with Gasteiger partial charge in [0.15, 0.2) is 15.7 Å². The monoisotopic (exact) mass is 427 g/mol. The van der Waals surface area contributed by atoms with E-state index in [4.69, 9.17) is 11.6 Å². The van der Waals surface area contributed by atoms with Gasteiger partial charge in [0, 0.05) is 0 Å². The van der Waals surface area contributed by atoms with Gasteiger partial charge in [0.1, 0.15) is 11.1 Å². The minimum atomic E-state index is -3.51. The van der Waals surface area contributed by atoms with Gasteiger partial charge in [-0.2, -0.15) is 10.2 Å². The summed E-state index contributed by atoms with van der Waals surface area (Å²) in [5, 5.41) is 14.8. The number of aromatic nitrogens is 2. The van der Waals surface area contributed by atoms with Gasteiger partial charge in [0.05, 0.1) is 33.3 Å². The van der Waals surface area contributed by atoms with Crippen LogP contribution >= 0.6 is 11.6 Å². The van der Waals surface area contributed by atoms with Crippen molar-refractivity contribution in [1.29, 1.82) is 5.26 Å². The normalized spacial score (nSPS) is 11.1. The van der Waals surface area contributed by atoms with Crippen molar-refractivity contribution in [3.63, 3.8) is 0 Å². The van der Waals surface area contributed by atoms with Crippen LogP contribution in [0.4, 0.5) is 23.1 Å². The molecule has 0 radical (unpaired) electrons. The van der Waals surface area contributed by atoms with Crippen LogP contribution < -0.4 is 10.6 Å². The van der Waals surface area contributed by atoms with Crippen LogP contribution in [0.2, 0.25) is 5.02 Å². The fourth-order valence-electron chi connectivity index (χ4n) is 2.52. The number of nitrogens with zero attached hydrogens (tertiary/aromatic N) is 3. The molecule has 1 heterocycles. The molecule has 0 saturated carbocycles. The van der Waals surface area contributed by atoms with E-state index < -0.39 is 15.1 Å². The van der Waals surface area contributed by atoms with Crippen molar-refractivity contribution in [2.75, 3.05) is 10.6 Å². The molecule has 148 valence electrons. The molecule has 0 bridgehead atoms. The highest BCUT2D eigenvalue weighted by Gasteiger charge is 2.23. The molecular weight excluding hydrogens is 410 g/mol. The van der Waals surface area contributed by atoms with Gasteiger partial charge in [-0.25, -0.2) is 13.4 Å². The smallest absolute Gasteiger partial charge is 0.229 e. The van der Waals surface area contributed by atoms with Gasteiger partial charge in [-0.3, -0.25) is 0 Å². The lowest BCUT2D eigenvalue weighted by Crippen LogP contribution is -2.15. The summed E-state index contributed by atoms with van der Waals surface area (Å²) >= 11 is 6.22. The van der Waals surface area contributed by atoms with Crippen molar-refractivity contribution in [2.24, 2.45) is 0 Å². The number of hydrogen-bond donors (Lipinski definition) is 2. The highest BCUT2D eigenvalue weighted by Crippen LogP contribution is 2.30. The Labute approximate surface area is 174 Å². The zero-order chi connectivity index (χ0) is 21.0. The molecule has 0 spiro atoms. The molecule has 2 N–H and O–H groups in total. The molecule has 0 fully saturated rings. The van der Waals surface area contributed by atoms with E-state index in [1.54, 1.807) is 56.3 Å². The Balaban J connectivity index is 1.96. The largest absolute Gasteiger partial charge is 0.338 e. The molecular formula is C20H18ClN5O2S. The Hall–Kier alpha value is -3.15. The number of rotatable bonds is 6. The van der Waals surface area contributed by atoms with Crippen molar-refractivity contribution in [3.8, 4) is 6.07 Å². The molecule has 0 unspecified atom stereocenters. The lowest BCUT2D eigenvalue weighted by Gasteiger charge is -2.15. The molecule has 3 rings (SSSR count). The fourth-order valence-corrected chi connectivity index (χ4v) is 3.86. The number of para-hydroxylation sites is 2. The second-order valence-electron chi connectivity index (χ2n) is 6.39. The number of nitrogens with one attached hydrogen (secondary N) is 2. The molecule has 0 aliphatic rings. The lowest BCUT2D eigenvalue weighted by atomic mass is 10.2. The Bertz CT molecular complexity index is 1190. The first kappa shape index (κ1) is 20.6. The predicted molar refractivity (Wildman–Crippen MR) is 114 cm³/mol. The third-order valence-electron chi connectivity index (χ3n) is 4.11. The van der Waals surface area contributed by atoms with Crippen LogP contribution in [0.5, 0.6) is 0 Å². The second kappa shape index (κ2) is 8.47. The fraction of sp³-hybridized carbons (Fsp3) is 0.150. The highest BCUT2D eigenvalue weighted by atomic mass is 35.5. The summed E-state index contributed by atoms with van der Waals surface area (Å²) in [6.07, 6.45) is 1.40. The van der Waals surface area contributed by atoms with E-state index in [1.807, 2.05) is 0 Å². The Kier molecular flexibility index (Phi) is 6.01. The topological polar surface area (TPSA) is 108 Å². The summed E-state index contributed by atoms with van der Waals surface area (Å²) in [6.45, 7) is 3.25. The van der Waals surface area contributed by atoms with Crippen LogP contribution in [0.3, 0.4) is 0 Å². The maximum absolute atomic E-state index is 12.7. The molecule has 9 heteroatoms. The zero-order valence-corrected chi connectivity index (χ0v) is 17.3. The average molecular weight is 428 g/mol. The molecule has 1 aromatic heterocycles. The van der Waals surface area contributed by atoms with Crippen LogP contribution in [0.15, 0.2) is 59.6 Å². The van der Waals surface area contributed by atoms with E-state index >= 15 is 0 Å². The van der Waals surface area contributed by atoms with Gasteiger partial charge < -0.3 is 10.6 Å². The Morgan fingerprint density at radius 1 is 1.03 bits per heavy atom. The van der Waals surface area contributed by atoms with Crippen LogP contribution in [0, 0.1) is 11.3 Å². The van der Waals surface area contributed by atoms with Crippen molar-refractivity contribution in [2.45, 2.75) is 24.0 Å². The van der Waals surface area contributed by atoms with Gasteiger partial charge >= 0.3 is 0 Å². The van der Waals surface area contributed by atoms with Crippen LogP contribution in [0.25, 0.3) is 0 Å². The molecule has 7 nitrogen and oxygen atoms in total. The molecule has 0 aliphatic carbocycles. The standard InChI is InChI=1S/C20H18ClN5O2S/c1-13(2)29(27,28)18-10-6-5-9-17(18)24-19-15(21)12-23-20(26-19)25-16-8-4-3-7-14(16)11-22/h3-10,12-13H,1-2H3,(H2,23,24,25,26). The number of anilines is 4. The quantitative estimate of drug-likeness (QED) is 0.588. The van der Waals surface area contributed by atoms with Crippen LogP contribution in [0.1, 0.15) is 19.4 Å². The van der Waals surface area contributed by atoms with Gasteiger partial charge in [-0.1, -0.05) is 35.9 Å². The summed E-state index contributed by atoms with van der Waals surface area (Å²) < 4.78 is 25.3. The molecule has 0 saturated heterocycles. The van der Waals surface area contributed by atoms with Crippen molar-refractivity contribution in [1.82, 2.24) is 9.97 Å². The first-order valence-electron chi connectivity index (χ1n) is 8.71. The maximum Gasteiger partial charge on any atom is 0.229 e. The van der Waals surface area contributed by atoms with E-state index in [-0.39, 0.29) is 21.7 Å². The SMILES string of the molecule is CC(C)S(=O)(=O)c1ccccc1Nc1nc(Nc2ccccc2C#N)ncc1Cl. The molecule has 29 heavy (non-hydrogen) atoms. The Morgan fingerprint density at radius 2 is 1.69 bits per heavy atom. The van der Waals surface area contributed by atoms with E-state index in [2.05, 4.69) is 26.7 Å². The minimum Gasteiger partial charge on any atom is -0.338 e. The molecule has 0 atom stereocenters. The molecule has 3 aromatic rings. The summed E-state index contributed by atoms with van der Waals surface area (Å²) in [5.41, 5.74) is 1.35. The van der Waals surface area contributed by atoms with Gasteiger partial charge in [-0.15, -0.1) is 0 Å². The summed E-state index contributed by atoms with van der Waals surface area (Å²) in [6, 6.07) is 15.6. The number of sulfone groups is 1. The first-order valence-corrected chi connectivity index (χ1v) is 10.6. The summed E-state index contributed by atoms with van der Waals surface area (Å²) in [7, 11) is -3.51. The summed E-state index contributed by atoms with van der Waals surface area (Å²) in [5.74, 6) is 0.453. The van der Waals surface area contributed by atoms with Crippen molar-refractivity contribution >= 4 is 44.6 Å². The van der Waals surface area contributed by atoms with Gasteiger partial charge in [0.25, 0.3) is 0 Å². The van der Waals surface area contributed by atoms with E-state index in [0.29, 0.717) is 16.9 Å². The third-order valence-corrected chi connectivity index (χ3v) is 6.59. The lowest BCUT2D eigenvalue weighted by molar-refractivity contribution is 0.588. The predicted octanol–water partition coefficient (Wildman–Crippen LogP) is 4.67. The first-order chi connectivity index (χ1) is 13.8. The zero-order valence-electron chi connectivity index (χ0n) is 15.7. The van der Waals surface area contributed by atoms with Crippen LogP contribution in [-0.2, 0) is 9.84 Å². The molecule has 2 aromatic carbocycles. The minimum absolute atomic E-state index is 0.161. The number of halogens is 1.